The van der Waals surface area contributed by atoms with Gasteiger partial charge in [-0.25, -0.2) is 0 Å². The van der Waals surface area contributed by atoms with Gasteiger partial charge < -0.3 is 9.47 Å². The van der Waals surface area contributed by atoms with E-state index >= 15 is 0 Å². The summed E-state index contributed by atoms with van der Waals surface area (Å²) in [6, 6.07) is 40.0. The lowest BCUT2D eigenvalue weighted by Gasteiger charge is -2.33. The molecule has 5 aromatic carbocycles. The normalized spacial score (nSPS) is 12.7. The Balaban J connectivity index is 1.45. The van der Waals surface area contributed by atoms with Crippen LogP contribution in [0.5, 0.6) is 23.0 Å². The Morgan fingerprint density at radius 3 is 1.94 bits per heavy atom. The van der Waals surface area contributed by atoms with Gasteiger partial charge in [-0.05, 0) is 45.8 Å². The van der Waals surface area contributed by atoms with Crippen LogP contribution in [-0.4, -0.2) is 6.71 Å². The first-order valence-electron chi connectivity index (χ1n) is 11.2. The van der Waals surface area contributed by atoms with Crippen molar-refractivity contribution in [2.45, 2.75) is 0 Å². The van der Waals surface area contributed by atoms with Crippen molar-refractivity contribution in [3.05, 3.63) is 115 Å². The van der Waals surface area contributed by atoms with Crippen LogP contribution in [0.1, 0.15) is 0 Å². The maximum atomic E-state index is 6.54. The standard InChI is InChI=1S/C30H19BO2/c1-3-9-20(10-4-1)22-17-18-24-28(19-22)32-26-15-8-16-27-29(26)31(24)25-14-7-13-23(30(25)33-27)21-11-5-2-6-12-21/h1-19H. The molecule has 2 aliphatic rings. The van der Waals surface area contributed by atoms with Crippen LogP contribution >= 0.6 is 0 Å². The number of hydrogen-bond acceptors (Lipinski definition) is 2. The van der Waals surface area contributed by atoms with Gasteiger partial charge in [0.2, 0.25) is 0 Å². The fourth-order valence-electron chi connectivity index (χ4n) is 5.11. The first kappa shape index (κ1) is 18.3. The number of para-hydroxylation sites is 1. The van der Waals surface area contributed by atoms with Crippen molar-refractivity contribution in [1.29, 1.82) is 0 Å². The molecule has 0 aromatic heterocycles. The fourth-order valence-corrected chi connectivity index (χ4v) is 5.11. The van der Waals surface area contributed by atoms with Gasteiger partial charge in [0, 0.05) is 11.0 Å². The quantitative estimate of drug-likeness (QED) is 0.331. The molecule has 0 bridgehead atoms. The molecule has 0 saturated carbocycles. The van der Waals surface area contributed by atoms with E-state index in [2.05, 4.69) is 84.9 Å². The van der Waals surface area contributed by atoms with Crippen LogP contribution in [0.2, 0.25) is 0 Å². The van der Waals surface area contributed by atoms with Gasteiger partial charge in [-0.1, -0.05) is 97.1 Å². The summed E-state index contributed by atoms with van der Waals surface area (Å²) in [4.78, 5) is 0. The maximum absolute atomic E-state index is 6.54. The Hall–Kier alpha value is -4.24. The van der Waals surface area contributed by atoms with Crippen molar-refractivity contribution in [3.63, 3.8) is 0 Å². The Labute approximate surface area is 193 Å². The van der Waals surface area contributed by atoms with E-state index in [9.17, 15) is 0 Å². The molecule has 0 unspecified atom stereocenters. The van der Waals surface area contributed by atoms with Gasteiger partial charge in [-0.2, -0.15) is 0 Å². The first-order valence-corrected chi connectivity index (χ1v) is 11.2. The van der Waals surface area contributed by atoms with Crippen LogP contribution in [-0.2, 0) is 0 Å². The highest BCUT2D eigenvalue weighted by Crippen LogP contribution is 2.39. The molecule has 0 radical (unpaired) electrons. The first-order chi connectivity index (χ1) is 16.4. The number of rotatable bonds is 2. The predicted molar refractivity (Wildman–Crippen MR) is 135 cm³/mol. The smallest absolute Gasteiger partial charge is 0.260 e. The molecule has 33 heavy (non-hydrogen) atoms. The molecular formula is C30H19BO2. The second kappa shape index (κ2) is 7.14. The van der Waals surface area contributed by atoms with Crippen LogP contribution in [0.4, 0.5) is 0 Å². The third kappa shape index (κ3) is 2.83. The van der Waals surface area contributed by atoms with Crippen LogP contribution in [0.15, 0.2) is 115 Å². The van der Waals surface area contributed by atoms with Gasteiger partial charge in [0.05, 0.1) is 0 Å². The largest absolute Gasteiger partial charge is 0.458 e. The molecule has 0 fully saturated rings. The highest BCUT2D eigenvalue weighted by Gasteiger charge is 2.40. The van der Waals surface area contributed by atoms with Gasteiger partial charge >= 0.3 is 0 Å². The molecule has 0 atom stereocenters. The minimum Gasteiger partial charge on any atom is -0.458 e. The van der Waals surface area contributed by atoms with Gasteiger partial charge in [0.15, 0.2) is 0 Å². The third-order valence-electron chi connectivity index (χ3n) is 6.62. The monoisotopic (exact) mass is 422 g/mol. The molecular weight excluding hydrogens is 403 g/mol. The van der Waals surface area contributed by atoms with E-state index in [1.807, 2.05) is 30.3 Å². The molecule has 7 rings (SSSR count). The third-order valence-corrected chi connectivity index (χ3v) is 6.62. The van der Waals surface area contributed by atoms with Crippen molar-refractivity contribution < 1.29 is 9.47 Å². The van der Waals surface area contributed by atoms with Crippen molar-refractivity contribution >= 4 is 23.1 Å². The molecule has 0 spiro atoms. The van der Waals surface area contributed by atoms with Crippen LogP contribution in [0, 0.1) is 0 Å². The molecule has 154 valence electrons. The summed E-state index contributed by atoms with van der Waals surface area (Å²) >= 11 is 0. The minimum absolute atomic E-state index is 0.0668. The summed E-state index contributed by atoms with van der Waals surface area (Å²) < 4.78 is 13.0. The lowest BCUT2D eigenvalue weighted by Crippen LogP contribution is -2.57. The topological polar surface area (TPSA) is 18.5 Å². The van der Waals surface area contributed by atoms with Crippen LogP contribution in [0.25, 0.3) is 22.3 Å². The van der Waals surface area contributed by atoms with E-state index < -0.39 is 0 Å². The van der Waals surface area contributed by atoms with E-state index in [-0.39, 0.29) is 6.71 Å². The van der Waals surface area contributed by atoms with Crippen LogP contribution < -0.4 is 25.9 Å². The highest BCUT2D eigenvalue weighted by molar-refractivity contribution is 6.98. The second-order valence-corrected chi connectivity index (χ2v) is 8.51. The molecule has 0 aliphatic carbocycles. The van der Waals surface area contributed by atoms with Crippen molar-refractivity contribution in [2.24, 2.45) is 0 Å². The Morgan fingerprint density at radius 1 is 0.455 bits per heavy atom. The van der Waals surface area contributed by atoms with E-state index in [0.29, 0.717) is 0 Å². The number of hydrogen-bond donors (Lipinski definition) is 0. The van der Waals surface area contributed by atoms with E-state index in [0.717, 1.165) is 45.2 Å². The summed E-state index contributed by atoms with van der Waals surface area (Å²) in [5.41, 5.74) is 8.05. The molecule has 0 amide bonds. The number of fused-ring (bicyclic) bond motifs is 4. The van der Waals surface area contributed by atoms with Crippen molar-refractivity contribution in [2.75, 3.05) is 0 Å². The average Bonchev–Trinajstić information content (AvgIpc) is 2.89. The second-order valence-electron chi connectivity index (χ2n) is 8.51. The zero-order valence-corrected chi connectivity index (χ0v) is 17.9. The molecule has 0 N–H and O–H groups in total. The maximum Gasteiger partial charge on any atom is 0.260 e. The van der Waals surface area contributed by atoms with Crippen LogP contribution in [0.3, 0.4) is 0 Å². The summed E-state index contributed by atoms with van der Waals surface area (Å²) in [6.45, 7) is 0.0668. The minimum atomic E-state index is 0.0668. The highest BCUT2D eigenvalue weighted by atomic mass is 16.5. The van der Waals surface area contributed by atoms with E-state index in [1.54, 1.807) is 0 Å². The van der Waals surface area contributed by atoms with Crippen molar-refractivity contribution in [3.8, 4) is 45.3 Å². The lowest BCUT2D eigenvalue weighted by molar-refractivity contribution is 0.465. The van der Waals surface area contributed by atoms with Gasteiger partial charge in [-0.3, -0.25) is 0 Å². The number of ether oxygens (including phenoxy) is 2. The summed E-state index contributed by atoms with van der Waals surface area (Å²) in [6.07, 6.45) is 0. The van der Waals surface area contributed by atoms with E-state index in [1.165, 1.54) is 16.5 Å². The molecule has 2 aliphatic heterocycles. The summed E-state index contributed by atoms with van der Waals surface area (Å²) in [5.74, 6) is 3.57. The average molecular weight is 422 g/mol. The summed E-state index contributed by atoms with van der Waals surface area (Å²) in [5, 5.41) is 0. The zero-order chi connectivity index (χ0) is 21.8. The number of benzene rings is 5. The van der Waals surface area contributed by atoms with Gasteiger partial charge in [0.1, 0.15) is 23.0 Å². The van der Waals surface area contributed by atoms with Crippen molar-refractivity contribution in [1.82, 2.24) is 0 Å². The zero-order valence-electron chi connectivity index (χ0n) is 17.9. The predicted octanol–water partition coefficient (Wildman–Crippen LogP) is 5.75. The molecule has 2 heterocycles. The molecule has 5 aromatic rings. The lowest BCUT2D eigenvalue weighted by atomic mass is 9.34. The molecule has 0 saturated heterocycles. The summed E-state index contributed by atoms with van der Waals surface area (Å²) in [7, 11) is 0. The van der Waals surface area contributed by atoms with Gasteiger partial charge in [-0.15, -0.1) is 0 Å². The Morgan fingerprint density at radius 2 is 1.15 bits per heavy atom. The fraction of sp³-hybridized carbons (Fsp3) is 0. The Bertz CT molecular complexity index is 1510. The van der Waals surface area contributed by atoms with E-state index in [4.69, 9.17) is 9.47 Å². The Kier molecular flexibility index (Phi) is 3.97. The SMILES string of the molecule is c1ccc(-c2ccc3c(c2)Oc2cccc4c2B3c2cccc(-c3ccccc3)c2O4)cc1. The molecule has 3 heteroatoms. The molecule has 2 nitrogen and oxygen atoms in total. The van der Waals surface area contributed by atoms with Gasteiger partial charge in [0.25, 0.3) is 6.71 Å².